The molecule has 2 rings (SSSR count). The molecule has 0 saturated carbocycles. The first-order chi connectivity index (χ1) is 9.78. The van der Waals surface area contributed by atoms with Crippen molar-refractivity contribution < 1.29 is 9.47 Å². The molecule has 1 aliphatic rings. The van der Waals surface area contributed by atoms with Crippen molar-refractivity contribution in [1.29, 1.82) is 0 Å². The summed E-state index contributed by atoms with van der Waals surface area (Å²) in [4.78, 5) is 2.36. The number of hydrogen-bond donors (Lipinski definition) is 0. The Kier molecular flexibility index (Phi) is 6.34. The maximum Gasteiger partial charge on any atom is 0.119 e. The van der Waals surface area contributed by atoms with Gasteiger partial charge in [-0.25, -0.2) is 0 Å². The van der Waals surface area contributed by atoms with Crippen molar-refractivity contribution in [1.82, 2.24) is 4.90 Å². The van der Waals surface area contributed by atoms with Gasteiger partial charge in [0, 0.05) is 19.7 Å². The van der Waals surface area contributed by atoms with E-state index in [-0.39, 0.29) is 0 Å². The van der Waals surface area contributed by atoms with E-state index in [4.69, 9.17) is 9.47 Å². The van der Waals surface area contributed by atoms with E-state index in [0.29, 0.717) is 6.10 Å². The van der Waals surface area contributed by atoms with Gasteiger partial charge in [0.1, 0.15) is 5.75 Å². The fraction of sp³-hybridized carbons (Fsp3) is 0.647. The molecule has 1 fully saturated rings. The minimum Gasteiger partial charge on any atom is -0.494 e. The van der Waals surface area contributed by atoms with Gasteiger partial charge in [-0.3, -0.25) is 0 Å². The fourth-order valence-corrected chi connectivity index (χ4v) is 2.69. The van der Waals surface area contributed by atoms with Gasteiger partial charge in [0.05, 0.1) is 12.7 Å². The lowest BCUT2D eigenvalue weighted by Crippen LogP contribution is -2.26. The van der Waals surface area contributed by atoms with Crippen molar-refractivity contribution in [2.45, 2.75) is 45.3 Å². The van der Waals surface area contributed by atoms with Crippen LogP contribution in [0.15, 0.2) is 24.3 Å². The summed E-state index contributed by atoms with van der Waals surface area (Å²) in [6.45, 7) is 5.74. The first kappa shape index (κ1) is 15.3. The fourth-order valence-electron chi connectivity index (χ4n) is 2.69. The van der Waals surface area contributed by atoms with Crippen molar-refractivity contribution >= 4 is 0 Å². The molecule has 0 aliphatic carbocycles. The smallest absolute Gasteiger partial charge is 0.119 e. The van der Waals surface area contributed by atoms with E-state index < -0.39 is 0 Å². The number of nitrogens with zero attached hydrogens (tertiary/aromatic N) is 1. The molecule has 20 heavy (non-hydrogen) atoms. The highest BCUT2D eigenvalue weighted by atomic mass is 16.5. The molecular formula is C17H27NO2. The molecule has 0 aromatic heterocycles. The van der Waals surface area contributed by atoms with Crippen molar-refractivity contribution in [3.05, 3.63) is 29.8 Å². The number of ether oxygens (including phenoxy) is 2. The molecule has 1 aliphatic heterocycles. The van der Waals surface area contributed by atoms with Crippen LogP contribution < -0.4 is 4.74 Å². The van der Waals surface area contributed by atoms with Crippen molar-refractivity contribution in [3.8, 4) is 5.75 Å². The Morgan fingerprint density at radius 3 is 3.00 bits per heavy atom. The second-order valence-electron chi connectivity index (χ2n) is 5.60. The van der Waals surface area contributed by atoms with Crippen LogP contribution in [0.2, 0.25) is 0 Å². The monoisotopic (exact) mass is 277 g/mol. The van der Waals surface area contributed by atoms with Crippen LogP contribution in [0.3, 0.4) is 0 Å². The van der Waals surface area contributed by atoms with E-state index in [0.717, 1.165) is 38.5 Å². The van der Waals surface area contributed by atoms with Crippen LogP contribution in [0.4, 0.5) is 0 Å². The molecule has 1 aromatic rings. The third kappa shape index (κ3) is 5.14. The Morgan fingerprint density at radius 2 is 2.25 bits per heavy atom. The molecule has 1 saturated heterocycles. The molecule has 1 atom stereocenters. The van der Waals surface area contributed by atoms with Crippen LogP contribution in [0, 0.1) is 0 Å². The average Bonchev–Trinajstić information content (AvgIpc) is 2.47. The Hall–Kier alpha value is -1.06. The predicted molar refractivity (Wildman–Crippen MR) is 82.2 cm³/mol. The van der Waals surface area contributed by atoms with Gasteiger partial charge in [-0.15, -0.1) is 0 Å². The van der Waals surface area contributed by atoms with Crippen molar-refractivity contribution in [3.63, 3.8) is 0 Å². The van der Waals surface area contributed by atoms with Crippen LogP contribution in [0.1, 0.15) is 38.2 Å². The lowest BCUT2D eigenvalue weighted by Gasteiger charge is -2.25. The summed E-state index contributed by atoms with van der Waals surface area (Å²) in [6.07, 6.45) is 5.40. The summed E-state index contributed by atoms with van der Waals surface area (Å²) < 4.78 is 11.3. The van der Waals surface area contributed by atoms with Gasteiger partial charge in [0.15, 0.2) is 0 Å². The predicted octanol–water partition coefficient (Wildman–Crippen LogP) is 3.48. The molecule has 0 spiro atoms. The van der Waals surface area contributed by atoms with Crippen molar-refractivity contribution in [2.75, 3.05) is 26.8 Å². The van der Waals surface area contributed by atoms with Gasteiger partial charge in [-0.2, -0.15) is 0 Å². The minimum atomic E-state index is 0.473. The molecule has 0 radical (unpaired) electrons. The van der Waals surface area contributed by atoms with E-state index in [1.807, 2.05) is 13.0 Å². The number of rotatable bonds is 7. The zero-order valence-corrected chi connectivity index (χ0v) is 12.8. The van der Waals surface area contributed by atoms with E-state index in [2.05, 4.69) is 30.1 Å². The van der Waals surface area contributed by atoms with E-state index in [1.54, 1.807) is 0 Å². The Balaban J connectivity index is 1.75. The summed E-state index contributed by atoms with van der Waals surface area (Å²) in [6, 6.07) is 8.38. The maximum absolute atomic E-state index is 5.78. The minimum absolute atomic E-state index is 0.473. The first-order valence-electron chi connectivity index (χ1n) is 7.80. The highest BCUT2D eigenvalue weighted by Gasteiger charge is 2.14. The zero-order valence-electron chi connectivity index (χ0n) is 12.8. The standard InChI is InChI=1S/C17H27NO2/c1-3-19-17-9-6-7-15(13-17)14-18(2)11-10-16-8-4-5-12-20-16/h6-7,9,13,16H,3-5,8,10-12,14H2,1-2H3/t16-/m0/s1. The Morgan fingerprint density at radius 1 is 1.35 bits per heavy atom. The van der Waals surface area contributed by atoms with Crippen LogP contribution in [-0.4, -0.2) is 37.8 Å². The van der Waals surface area contributed by atoms with E-state index >= 15 is 0 Å². The third-order valence-electron chi connectivity index (χ3n) is 3.77. The summed E-state index contributed by atoms with van der Waals surface area (Å²) in [5, 5.41) is 0. The number of benzene rings is 1. The largest absolute Gasteiger partial charge is 0.494 e. The van der Waals surface area contributed by atoms with E-state index in [9.17, 15) is 0 Å². The summed E-state index contributed by atoms with van der Waals surface area (Å²) in [7, 11) is 2.18. The molecule has 1 heterocycles. The van der Waals surface area contributed by atoms with Crippen LogP contribution in [0.5, 0.6) is 5.75 Å². The second-order valence-corrected chi connectivity index (χ2v) is 5.60. The normalized spacial score (nSPS) is 19.2. The topological polar surface area (TPSA) is 21.7 Å². The summed E-state index contributed by atoms with van der Waals surface area (Å²) in [5.41, 5.74) is 1.31. The maximum atomic E-state index is 5.78. The Labute approximate surface area is 122 Å². The summed E-state index contributed by atoms with van der Waals surface area (Å²) in [5.74, 6) is 0.967. The zero-order chi connectivity index (χ0) is 14.2. The third-order valence-corrected chi connectivity index (χ3v) is 3.77. The van der Waals surface area contributed by atoms with Gasteiger partial charge in [-0.1, -0.05) is 12.1 Å². The molecule has 3 heteroatoms. The van der Waals surface area contributed by atoms with Gasteiger partial charge in [0.2, 0.25) is 0 Å². The highest BCUT2D eigenvalue weighted by Crippen LogP contribution is 2.17. The van der Waals surface area contributed by atoms with Gasteiger partial charge in [0.25, 0.3) is 0 Å². The van der Waals surface area contributed by atoms with Gasteiger partial charge in [-0.05, 0) is 57.4 Å². The molecule has 1 aromatic carbocycles. The van der Waals surface area contributed by atoms with Crippen molar-refractivity contribution in [2.24, 2.45) is 0 Å². The average molecular weight is 277 g/mol. The lowest BCUT2D eigenvalue weighted by molar-refractivity contribution is 0.00640. The van der Waals surface area contributed by atoms with Gasteiger partial charge >= 0.3 is 0 Å². The highest BCUT2D eigenvalue weighted by molar-refractivity contribution is 5.28. The molecular weight excluding hydrogens is 250 g/mol. The van der Waals surface area contributed by atoms with Crippen LogP contribution in [0.25, 0.3) is 0 Å². The number of hydrogen-bond acceptors (Lipinski definition) is 3. The van der Waals surface area contributed by atoms with Crippen LogP contribution >= 0.6 is 0 Å². The quantitative estimate of drug-likeness (QED) is 0.761. The van der Waals surface area contributed by atoms with Gasteiger partial charge < -0.3 is 14.4 Å². The lowest BCUT2D eigenvalue weighted by atomic mass is 10.1. The Bertz CT molecular complexity index is 388. The molecule has 0 amide bonds. The SMILES string of the molecule is CCOc1cccc(CN(C)CC[C@@H]2CCCCO2)c1. The summed E-state index contributed by atoms with van der Waals surface area (Å²) >= 11 is 0. The molecule has 112 valence electrons. The molecule has 0 unspecified atom stereocenters. The second kappa shape index (κ2) is 8.28. The molecule has 0 bridgehead atoms. The first-order valence-corrected chi connectivity index (χ1v) is 7.80. The molecule has 0 N–H and O–H groups in total. The van der Waals surface area contributed by atoms with E-state index in [1.165, 1.54) is 24.8 Å². The van der Waals surface area contributed by atoms with Crippen LogP contribution in [-0.2, 0) is 11.3 Å². The molecule has 3 nitrogen and oxygen atoms in total.